The summed E-state index contributed by atoms with van der Waals surface area (Å²) in [6, 6.07) is 8.33. The quantitative estimate of drug-likeness (QED) is 0.875. The molecule has 0 bridgehead atoms. The molecule has 0 radical (unpaired) electrons. The van der Waals surface area contributed by atoms with Crippen LogP contribution in [-0.4, -0.2) is 0 Å². The van der Waals surface area contributed by atoms with Crippen LogP contribution in [0.3, 0.4) is 0 Å². The number of hydrogen-bond donors (Lipinski definition) is 1. The van der Waals surface area contributed by atoms with Gasteiger partial charge in [0.25, 0.3) is 0 Å². The van der Waals surface area contributed by atoms with E-state index in [-0.39, 0.29) is 6.04 Å². The zero-order valence-electron chi connectivity index (χ0n) is 10.7. The van der Waals surface area contributed by atoms with Crippen molar-refractivity contribution in [2.75, 3.05) is 0 Å². The summed E-state index contributed by atoms with van der Waals surface area (Å²) >= 11 is 0. The highest BCUT2D eigenvalue weighted by atomic mass is 16.3. The molecule has 0 saturated carbocycles. The molecule has 2 heteroatoms. The van der Waals surface area contributed by atoms with Gasteiger partial charge in [0.15, 0.2) is 0 Å². The third-order valence-electron chi connectivity index (χ3n) is 3.37. The lowest BCUT2D eigenvalue weighted by Gasteiger charge is -2.15. The molecule has 1 atom stereocenters. The fourth-order valence-corrected chi connectivity index (χ4v) is 2.28. The Balaban J connectivity index is 2.25. The van der Waals surface area contributed by atoms with Crippen LogP contribution in [0.2, 0.25) is 0 Å². The van der Waals surface area contributed by atoms with Gasteiger partial charge in [-0.05, 0) is 49.9 Å². The Kier molecular flexibility index (Phi) is 3.34. The van der Waals surface area contributed by atoms with Crippen LogP contribution in [0.25, 0.3) is 0 Å². The third kappa shape index (κ3) is 2.42. The molecule has 0 aliphatic heterocycles. The van der Waals surface area contributed by atoms with Crippen LogP contribution < -0.4 is 5.73 Å². The second-order valence-corrected chi connectivity index (χ2v) is 4.61. The molecule has 90 valence electrons. The van der Waals surface area contributed by atoms with E-state index in [9.17, 15) is 0 Å². The van der Waals surface area contributed by atoms with E-state index in [0.29, 0.717) is 0 Å². The molecule has 0 aliphatic carbocycles. The van der Waals surface area contributed by atoms with Crippen LogP contribution in [0, 0.1) is 20.8 Å². The predicted octanol–water partition coefficient (Wildman–Crippen LogP) is 3.45. The third-order valence-corrected chi connectivity index (χ3v) is 3.37. The zero-order valence-corrected chi connectivity index (χ0v) is 10.7. The number of hydrogen-bond acceptors (Lipinski definition) is 2. The lowest BCUT2D eigenvalue weighted by Crippen LogP contribution is -2.15. The summed E-state index contributed by atoms with van der Waals surface area (Å²) in [5, 5.41) is 0. The largest absolute Gasteiger partial charge is 0.469 e. The maximum absolute atomic E-state index is 6.25. The minimum Gasteiger partial charge on any atom is -0.469 e. The number of nitrogens with two attached hydrogens (primary N) is 1. The molecule has 1 unspecified atom stereocenters. The Hall–Kier alpha value is -1.54. The molecule has 0 fully saturated rings. The van der Waals surface area contributed by atoms with E-state index >= 15 is 0 Å². The van der Waals surface area contributed by atoms with Crippen LogP contribution in [0.1, 0.15) is 34.1 Å². The number of benzene rings is 1. The second-order valence-electron chi connectivity index (χ2n) is 4.61. The van der Waals surface area contributed by atoms with E-state index in [4.69, 9.17) is 10.2 Å². The molecule has 0 aliphatic rings. The van der Waals surface area contributed by atoms with Gasteiger partial charge in [0, 0.05) is 11.6 Å². The van der Waals surface area contributed by atoms with Crippen molar-refractivity contribution in [1.82, 2.24) is 0 Å². The number of aryl methyl sites for hydroxylation is 3. The predicted molar refractivity (Wildman–Crippen MR) is 70.0 cm³/mol. The van der Waals surface area contributed by atoms with Gasteiger partial charge in [0.2, 0.25) is 0 Å². The second kappa shape index (κ2) is 4.76. The molecule has 0 spiro atoms. The summed E-state index contributed by atoms with van der Waals surface area (Å²) in [7, 11) is 0. The maximum Gasteiger partial charge on any atom is 0.105 e. The van der Waals surface area contributed by atoms with E-state index in [2.05, 4.69) is 32.0 Å². The van der Waals surface area contributed by atoms with Crippen molar-refractivity contribution in [1.29, 1.82) is 0 Å². The normalized spacial score (nSPS) is 12.7. The molecular formula is C15H19NO. The van der Waals surface area contributed by atoms with Gasteiger partial charge in [-0.2, -0.15) is 0 Å². The van der Waals surface area contributed by atoms with Crippen molar-refractivity contribution >= 4 is 0 Å². The summed E-state index contributed by atoms with van der Waals surface area (Å²) in [6.07, 6.45) is 2.56. The van der Waals surface area contributed by atoms with Gasteiger partial charge in [-0.15, -0.1) is 0 Å². The molecular weight excluding hydrogens is 210 g/mol. The van der Waals surface area contributed by atoms with Crippen LogP contribution in [0.5, 0.6) is 0 Å². The molecule has 2 aromatic rings. The fourth-order valence-electron chi connectivity index (χ4n) is 2.28. The van der Waals surface area contributed by atoms with Crippen molar-refractivity contribution < 1.29 is 4.42 Å². The smallest absolute Gasteiger partial charge is 0.105 e. The van der Waals surface area contributed by atoms with Crippen LogP contribution in [0.15, 0.2) is 34.9 Å². The Bertz CT molecular complexity index is 493. The molecule has 0 amide bonds. The van der Waals surface area contributed by atoms with E-state index in [1.807, 2.05) is 13.0 Å². The molecule has 1 aromatic carbocycles. The maximum atomic E-state index is 6.25. The van der Waals surface area contributed by atoms with Gasteiger partial charge in [-0.3, -0.25) is 0 Å². The highest BCUT2D eigenvalue weighted by molar-refractivity contribution is 5.35. The first kappa shape index (κ1) is 11.9. The molecule has 17 heavy (non-hydrogen) atoms. The summed E-state index contributed by atoms with van der Waals surface area (Å²) in [6.45, 7) is 6.23. The number of rotatable bonds is 3. The van der Waals surface area contributed by atoms with E-state index < -0.39 is 0 Å². The first-order valence-corrected chi connectivity index (χ1v) is 5.94. The minimum absolute atomic E-state index is 0.00792. The summed E-state index contributed by atoms with van der Waals surface area (Å²) in [4.78, 5) is 0. The van der Waals surface area contributed by atoms with Crippen LogP contribution in [-0.2, 0) is 6.42 Å². The van der Waals surface area contributed by atoms with Crippen molar-refractivity contribution in [3.8, 4) is 0 Å². The standard InChI is InChI=1S/C15H19NO/c1-10-5-4-6-11(2)14(10)9-15(16)13-7-8-17-12(13)3/h4-8,15H,9,16H2,1-3H3. The van der Waals surface area contributed by atoms with Crippen LogP contribution >= 0.6 is 0 Å². The average Bonchev–Trinajstić information content (AvgIpc) is 2.70. The lowest BCUT2D eigenvalue weighted by molar-refractivity contribution is 0.523. The number of furan rings is 1. The Morgan fingerprint density at radius 1 is 1.12 bits per heavy atom. The van der Waals surface area contributed by atoms with Crippen molar-refractivity contribution in [3.05, 3.63) is 58.5 Å². The highest BCUT2D eigenvalue weighted by Crippen LogP contribution is 2.23. The van der Waals surface area contributed by atoms with E-state index in [1.54, 1.807) is 6.26 Å². The van der Waals surface area contributed by atoms with Gasteiger partial charge < -0.3 is 10.2 Å². The minimum atomic E-state index is 0.00792. The molecule has 2 rings (SSSR count). The van der Waals surface area contributed by atoms with Crippen molar-refractivity contribution in [2.24, 2.45) is 5.73 Å². The highest BCUT2D eigenvalue weighted by Gasteiger charge is 2.14. The van der Waals surface area contributed by atoms with Gasteiger partial charge in [0.1, 0.15) is 5.76 Å². The summed E-state index contributed by atoms with van der Waals surface area (Å²) in [5.74, 6) is 0.920. The summed E-state index contributed by atoms with van der Waals surface area (Å²) in [5.41, 5.74) is 11.3. The Morgan fingerprint density at radius 3 is 2.29 bits per heavy atom. The molecule has 2 nitrogen and oxygen atoms in total. The topological polar surface area (TPSA) is 39.2 Å². The Morgan fingerprint density at radius 2 is 1.76 bits per heavy atom. The first-order chi connectivity index (χ1) is 8.09. The monoisotopic (exact) mass is 229 g/mol. The average molecular weight is 229 g/mol. The molecule has 0 saturated heterocycles. The Labute approximate surface area is 102 Å². The first-order valence-electron chi connectivity index (χ1n) is 5.94. The van der Waals surface area contributed by atoms with Gasteiger partial charge in [-0.25, -0.2) is 0 Å². The van der Waals surface area contributed by atoms with Crippen LogP contribution in [0.4, 0.5) is 0 Å². The SMILES string of the molecule is Cc1cccc(C)c1CC(N)c1ccoc1C. The van der Waals surface area contributed by atoms with E-state index in [1.165, 1.54) is 16.7 Å². The molecule has 1 aromatic heterocycles. The fraction of sp³-hybridized carbons (Fsp3) is 0.333. The van der Waals surface area contributed by atoms with Gasteiger partial charge in [-0.1, -0.05) is 18.2 Å². The van der Waals surface area contributed by atoms with E-state index in [0.717, 1.165) is 17.7 Å². The van der Waals surface area contributed by atoms with Crippen molar-refractivity contribution in [3.63, 3.8) is 0 Å². The van der Waals surface area contributed by atoms with Crippen molar-refractivity contribution in [2.45, 2.75) is 33.2 Å². The molecule has 2 N–H and O–H groups in total. The van der Waals surface area contributed by atoms with Gasteiger partial charge in [0.05, 0.1) is 6.26 Å². The summed E-state index contributed by atoms with van der Waals surface area (Å²) < 4.78 is 5.30. The van der Waals surface area contributed by atoms with Gasteiger partial charge >= 0.3 is 0 Å². The molecule has 1 heterocycles. The lowest BCUT2D eigenvalue weighted by atomic mass is 9.94. The zero-order chi connectivity index (χ0) is 12.4.